The number of hydrogen-bond acceptors (Lipinski definition) is 5. The molecule has 3 aromatic heterocycles. The molecule has 3 heterocycles. The summed E-state index contributed by atoms with van der Waals surface area (Å²) in [7, 11) is 0. The van der Waals surface area contributed by atoms with Crippen LogP contribution in [0, 0.1) is 12.3 Å². The Morgan fingerprint density at radius 3 is 2.72 bits per heavy atom. The van der Waals surface area contributed by atoms with Gasteiger partial charge in [0.05, 0.1) is 6.20 Å². The van der Waals surface area contributed by atoms with Crippen molar-refractivity contribution in [1.82, 2.24) is 19.6 Å². The largest absolute Gasteiger partial charge is 0.367 e. The molecule has 0 amide bonds. The first-order valence-corrected chi connectivity index (χ1v) is 8.59. The summed E-state index contributed by atoms with van der Waals surface area (Å²) in [6, 6.07) is 6.29. The summed E-state index contributed by atoms with van der Waals surface area (Å²) in [4.78, 5) is 8.90. The molecule has 2 N–H and O–H groups in total. The lowest BCUT2D eigenvalue weighted by atomic mass is 9.88. The second kappa shape index (κ2) is 6.70. The number of nitrogens with zero attached hydrogens (tertiary/aromatic N) is 4. The first-order chi connectivity index (χ1) is 11.8. The molecule has 0 radical (unpaired) electrons. The van der Waals surface area contributed by atoms with Crippen molar-refractivity contribution in [3.8, 4) is 0 Å². The van der Waals surface area contributed by atoms with Gasteiger partial charge in [0, 0.05) is 36.6 Å². The van der Waals surface area contributed by atoms with E-state index in [1.165, 1.54) is 0 Å². The third-order valence-electron chi connectivity index (χ3n) is 4.51. The monoisotopic (exact) mass is 338 g/mol. The summed E-state index contributed by atoms with van der Waals surface area (Å²) >= 11 is 0. The van der Waals surface area contributed by atoms with E-state index in [0.717, 1.165) is 28.4 Å². The van der Waals surface area contributed by atoms with Crippen LogP contribution in [-0.2, 0) is 6.54 Å². The molecule has 1 atom stereocenters. The van der Waals surface area contributed by atoms with Crippen LogP contribution in [0.3, 0.4) is 0 Å². The minimum atomic E-state index is 0.145. The highest BCUT2D eigenvalue weighted by molar-refractivity contribution is 5.60. The van der Waals surface area contributed by atoms with Crippen molar-refractivity contribution in [2.45, 2.75) is 47.2 Å². The molecule has 0 fully saturated rings. The lowest BCUT2D eigenvalue weighted by Gasteiger charge is -2.28. The van der Waals surface area contributed by atoms with E-state index < -0.39 is 0 Å². The Hall–Kier alpha value is -2.63. The van der Waals surface area contributed by atoms with Crippen LogP contribution in [0.2, 0.25) is 0 Å². The van der Waals surface area contributed by atoms with E-state index in [4.69, 9.17) is 4.98 Å². The zero-order valence-electron chi connectivity index (χ0n) is 15.5. The molecule has 0 aliphatic rings. The van der Waals surface area contributed by atoms with Gasteiger partial charge in [0.2, 0.25) is 0 Å². The number of rotatable bonds is 5. The van der Waals surface area contributed by atoms with Gasteiger partial charge >= 0.3 is 0 Å². The molecule has 6 nitrogen and oxygen atoms in total. The first-order valence-electron chi connectivity index (χ1n) is 8.59. The van der Waals surface area contributed by atoms with Crippen LogP contribution in [0.25, 0.3) is 5.65 Å². The quantitative estimate of drug-likeness (QED) is 0.739. The molecule has 0 unspecified atom stereocenters. The third kappa shape index (κ3) is 3.90. The van der Waals surface area contributed by atoms with Crippen molar-refractivity contribution in [2.24, 2.45) is 5.41 Å². The van der Waals surface area contributed by atoms with E-state index in [0.29, 0.717) is 6.54 Å². The predicted octanol–water partition coefficient (Wildman–Crippen LogP) is 3.89. The second-order valence-electron chi connectivity index (χ2n) is 7.54. The van der Waals surface area contributed by atoms with Crippen LogP contribution in [0.1, 0.15) is 38.8 Å². The Kier molecular flexibility index (Phi) is 4.61. The van der Waals surface area contributed by atoms with Crippen molar-refractivity contribution in [3.63, 3.8) is 0 Å². The summed E-state index contributed by atoms with van der Waals surface area (Å²) in [5.74, 6) is 1.76. The van der Waals surface area contributed by atoms with Gasteiger partial charge in [-0.3, -0.25) is 4.98 Å². The number of aryl methyl sites for hydroxylation is 1. The maximum Gasteiger partial charge on any atom is 0.162 e. The molecule has 0 aliphatic heterocycles. The van der Waals surface area contributed by atoms with Crippen molar-refractivity contribution >= 4 is 17.3 Å². The molecule has 132 valence electrons. The average Bonchev–Trinajstić information content (AvgIpc) is 2.94. The third-order valence-corrected chi connectivity index (χ3v) is 4.51. The molecule has 0 aliphatic carbocycles. The maximum absolute atomic E-state index is 4.74. The van der Waals surface area contributed by atoms with Crippen molar-refractivity contribution in [2.75, 3.05) is 10.6 Å². The zero-order valence-corrected chi connectivity index (χ0v) is 15.5. The lowest BCUT2D eigenvalue weighted by molar-refractivity contribution is 0.359. The number of nitrogens with one attached hydrogen (secondary N) is 2. The van der Waals surface area contributed by atoms with Gasteiger partial charge in [0.15, 0.2) is 5.65 Å². The normalized spacial score (nSPS) is 13.0. The minimum Gasteiger partial charge on any atom is -0.367 e. The van der Waals surface area contributed by atoms with Gasteiger partial charge in [0.25, 0.3) is 0 Å². The van der Waals surface area contributed by atoms with Crippen molar-refractivity contribution in [1.29, 1.82) is 0 Å². The molecule has 6 heteroatoms. The molecule has 0 saturated heterocycles. The molecule has 0 aromatic carbocycles. The van der Waals surface area contributed by atoms with E-state index in [2.05, 4.69) is 48.4 Å². The van der Waals surface area contributed by atoms with Gasteiger partial charge in [-0.15, -0.1) is 0 Å². The maximum atomic E-state index is 4.74. The Labute approximate surface area is 148 Å². The highest BCUT2D eigenvalue weighted by Gasteiger charge is 2.21. The fourth-order valence-corrected chi connectivity index (χ4v) is 2.41. The molecule has 3 rings (SSSR count). The molecular weight excluding hydrogens is 312 g/mol. The van der Waals surface area contributed by atoms with E-state index >= 15 is 0 Å². The van der Waals surface area contributed by atoms with Crippen LogP contribution < -0.4 is 10.6 Å². The summed E-state index contributed by atoms with van der Waals surface area (Å²) in [6.45, 7) is 11.5. The van der Waals surface area contributed by atoms with Gasteiger partial charge in [-0.2, -0.15) is 9.61 Å². The number of hydrogen-bond donors (Lipinski definition) is 2. The smallest absolute Gasteiger partial charge is 0.162 e. The number of pyridine rings is 1. The predicted molar refractivity (Wildman–Crippen MR) is 102 cm³/mol. The number of aromatic nitrogens is 4. The summed E-state index contributed by atoms with van der Waals surface area (Å²) in [5, 5.41) is 11.4. The van der Waals surface area contributed by atoms with Crippen LogP contribution in [0.4, 0.5) is 11.6 Å². The van der Waals surface area contributed by atoms with Crippen molar-refractivity contribution in [3.05, 3.63) is 47.9 Å². The Morgan fingerprint density at radius 2 is 2.04 bits per heavy atom. The van der Waals surface area contributed by atoms with Gasteiger partial charge < -0.3 is 10.6 Å². The van der Waals surface area contributed by atoms with Gasteiger partial charge in [0.1, 0.15) is 11.6 Å². The molecule has 25 heavy (non-hydrogen) atoms. The van der Waals surface area contributed by atoms with E-state index in [1.807, 2.05) is 42.0 Å². The molecule has 0 bridgehead atoms. The average molecular weight is 338 g/mol. The van der Waals surface area contributed by atoms with E-state index in [-0.39, 0.29) is 11.5 Å². The molecule has 3 aromatic rings. The highest BCUT2D eigenvalue weighted by atomic mass is 15.3. The van der Waals surface area contributed by atoms with E-state index in [9.17, 15) is 0 Å². The highest BCUT2D eigenvalue weighted by Crippen LogP contribution is 2.25. The molecular formula is C19H26N6. The summed E-state index contributed by atoms with van der Waals surface area (Å²) in [6.07, 6.45) is 5.48. The number of anilines is 2. The van der Waals surface area contributed by atoms with Crippen LogP contribution in [-0.4, -0.2) is 25.6 Å². The Bertz CT molecular complexity index is 847. The number of fused-ring (bicyclic) bond motifs is 1. The standard InChI is InChI=1S/C19H26N6/c1-13-10-22-25-17(21-12-15-7-6-8-20-11-15)9-16(24-18(13)25)23-14(2)19(3,4)5/h6-11,14,21H,12H2,1-5H3,(H,23,24)/t14-/m1/s1. The Balaban J connectivity index is 1.90. The van der Waals surface area contributed by atoms with Crippen LogP contribution in [0.5, 0.6) is 0 Å². The molecule has 0 spiro atoms. The first kappa shape index (κ1) is 17.2. The lowest BCUT2D eigenvalue weighted by Crippen LogP contribution is -2.31. The van der Waals surface area contributed by atoms with Crippen LogP contribution >= 0.6 is 0 Å². The summed E-state index contributed by atoms with van der Waals surface area (Å²) < 4.78 is 1.85. The topological polar surface area (TPSA) is 67.1 Å². The molecule has 0 saturated carbocycles. The summed E-state index contributed by atoms with van der Waals surface area (Å²) in [5.41, 5.74) is 3.18. The van der Waals surface area contributed by atoms with Gasteiger partial charge in [-0.25, -0.2) is 4.98 Å². The zero-order chi connectivity index (χ0) is 18.0. The van der Waals surface area contributed by atoms with E-state index in [1.54, 1.807) is 6.20 Å². The second-order valence-corrected chi connectivity index (χ2v) is 7.54. The fraction of sp³-hybridized carbons (Fsp3) is 0.421. The van der Waals surface area contributed by atoms with Crippen LogP contribution in [0.15, 0.2) is 36.8 Å². The van der Waals surface area contributed by atoms with Gasteiger partial charge in [-0.05, 0) is 30.9 Å². The fourth-order valence-electron chi connectivity index (χ4n) is 2.41. The Morgan fingerprint density at radius 1 is 1.24 bits per heavy atom. The van der Waals surface area contributed by atoms with Crippen molar-refractivity contribution < 1.29 is 0 Å². The van der Waals surface area contributed by atoms with Gasteiger partial charge in [-0.1, -0.05) is 26.8 Å². The SMILES string of the molecule is Cc1cnn2c(NCc3cccnc3)cc(N[C@H](C)C(C)(C)C)nc12. The minimum absolute atomic E-state index is 0.145.